The van der Waals surface area contributed by atoms with Gasteiger partial charge in [0.2, 0.25) is 23.8 Å². The van der Waals surface area contributed by atoms with Crippen molar-refractivity contribution in [2.45, 2.75) is 24.4 Å². The number of nitrogen functional groups attached to an aromatic ring is 4. The Morgan fingerprint density at radius 3 is 1.21 bits per heavy atom. The van der Waals surface area contributed by atoms with Crippen molar-refractivity contribution in [3.05, 3.63) is 37.0 Å². The number of aromatic nitrogens is 6. The Labute approximate surface area is 189 Å². The zero-order valence-corrected chi connectivity index (χ0v) is 17.8. The molecule has 2 aliphatic rings. The number of hydrogen-bond acceptors (Lipinski definition) is 14. The fourth-order valence-corrected chi connectivity index (χ4v) is 3.63. The van der Waals surface area contributed by atoms with Crippen LogP contribution in [0.2, 0.25) is 0 Å². The van der Waals surface area contributed by atoms with Crippen LogP contribution in [0.15, 0.2) is 25.3 Å². The lowest BCUT2D eigenvalue weighted by Gasteiger charge is -2.45. The summed E-state index contributed by atoms with van der Waals surface area (Å²) in [6.07, 6.45) is 1.87. The lowest BCUT2D eigenvalue weighted by Crippen LogP contribution is -2.53. The lowest BCUT2D eigenvalue weighted by molar-refractivity contribution is -0.306. The Balaban J connectivity index is 1.39. The molecule has 0 aromatic carbocycles. The van der Waals surface area contributed by atoms with Crippen LogP contribution < -0.4 is 22.9 Å². The monoisotopic (exact) mass is 458 g/mol. The average Bonchev–Trinajstić information content (AvgIpc) is 2.76. The summed E-state index contributed by atoms with van der Waals surface area (Å²) in [5.74, 6) is -0.305. The largest absolute Gasteiger partial charge is 0.368 e. The molecule has 2 unspecified atom stereocenters. The molecule has 0 saturated carbocycles. The maximum atomic E-state index is 5.97. The topological polar surface area (TPSA) is 218 Å². The predicted octanol–water partition coefficient (Wildman–Crippen LogP) is -0.643. The van der Waals surface area contributed by atoms with Crippen LogP contribution in [0.5, 0.6) is 0 Å². The molecule has 14 heteroatoms. The van der Waals surface area contributed by atoms with E-state index in [2.05, 4.69) is 43.1 Å². The lowest BCUT2D eigenvalue weighted by atomic mass is 9.89. The molecule has 0 aliphatic carbocycles. The summed E-state index contributed by atoms with van der Waals surface area (Å²) in [5.41, 5.74) is 22.2. The highest BCUT2D eigenvalue weighted by molar-refractivity contribution is 5.29. The van der Waals surface area contributed by atoms with Crippen molar-refractivity contribution in [2.24, 2.45) is 5.41 Å². The Morgan fingerprint density at radius 2 is 0.939 bits per heavy atom. The molecule has 0 amide bonds. The fourth-order valence-electron chi connectivity index (χ4n) is 3.63. The van der Waals surface area contributed by atoms with Gasteiger partial charge in [0, 0.05) is 0 Å². The molecular weight excluding hydrogens is 432 g/mol. The molecule has 2 saturated heterocycles. The zero-order chi connectivity index (χ0) is 23.6. The molecule has 2 atom stereocenters. The first-order valence-corrected chi connectivity index (χ1v) is 10.1. The van der Waals surface area contributed by atoms with Crippen LogP contribution in [0.4, 0.5) is 23.8 Å². The van der Waals surface area contributed by atoms with Crippen molar-refractivity contribution in [3.8, 4) is 0 Å². The molecule has 4 rings (SSSR count). The molecule has 33 heavy (non-hydrogen) atoms. The van der Waals surface area contributed by atoms with Crippen LogP contribution in [0.1, 0.15) is 23.5 Å². The van der Waals surface area contributed by atoms with Gasteiger partial charge in [-0.3, -0.25) is 0 Å². The van der Waals surface area contributed by atoms with Gasteiger partial charge < -0.3 is 41.9 Å². The first kappa shape index (κ1) is 22.7. The number of nitrogens with zero attached hydrogens (tertiary/aromatic N) is 6. The second-order valence-corrected chi connectivity index (χ2v) is 7.82. The molecule has 1 spiro atoms. The Hall–Kier alpha value is -3.46. The van der Waals surface area contributed by atoms with Crippen molar-refractivity contribution >= 4 is 23.8 Å². The van der Waals surface area contributed by atoms with E-state index in [4.69, 9.17) is 41.9 Å². The van der Waals surface area contributed by atoms with Crippen LogP contribution >= 0.6 is 0 Å². The van der Waals surface area contributed by atoms with Gasteiger partial charge in [-0.05, 0) is 0 Å². The minimum atomic E-state index is -0.677. The molecule has 2 aliphatic heterocycles. The zero-order valence-electron chi connectivity index (χ0n) is 17.8. The molecular formula is C19H26N10O4. The van der Waals surface area contributed by atoms with Crippen molar-refractivity contribution in [3.63, 3.8) is 0 Å². The minimum Gasteiger partial charge on any atom is -0.368 e. The van der Waals surface area contributed by atoms with Gasteiger partial charge in [0.1, 0.15) is 11.6 Å². The van der Waals surface area contributed by atoms with E-state index in [0.29, 0.717) is 38.1 Å². The van der Waals surface area contributed by atoms with Crippen molar-refractivity contribution in [1.29, 1.82) is 0 Å². The maximum absolute atomic E-state index is 5.97. The van der Waals surface area contributed by atoms with E-state index in [-0.39, 0.29) is 23.8 Å². The third-order valence-corrected chi connectivity index (χ3v) is 5.28. The normalized spacial score (nSPS) is 27.0. The Bertz CT molecular complexity index is 896. The van der Waals surface area contributed by atoms with Crippen molar-refractivity contribution in [1.82, 2.24) is 29.9 Å². The van der Waals surface area contributed by atoms with Crippen LogP contribution in [0.25, 0.3) is 0 Å². The second kappa shape index (κ2) is 9.19. The van der Waals surface area contributed by atoms with E-state index < -0.39 is 29.8 Å². The summed E-state index contributed by atoms with van der Waals surface area (Å²) < 4.78 is 23.9. The summed E-state index contributed by atoms with van der Waals surface area (Å²) in [5, 5.41) is 0. The summed E-state index contributed by atoms with van der Waals surface area (Å²) in [6, 6.07) is 0. The average molecular weight is 458 g/mol. The van der Waals surface area contributed by atoms with Gasteiger partial charge in [-0.15, -0.1) is 13.2 Å². The van der Waals surface area contributed by atoms with Gasteiger partial charge in [-0.2, -0.15) is 29.9 Å². The second-order valence-electron chi connectivity index (χ2n) is 7.82. The van der Waals surface area contributed by atoms with E-state index in [1.54, 1.807) is 12.2 Å². The van der Waals surface area contributed by atoms with Crippen LogP contribution in [0, 0.1) is 5.41 Å². The Morgan fingerprint density at radius 1 is 0.636 bits per heavy atom. The smallest absolute Gasteiger partial charge is 0.225 e. The molecule has 176 valence electrons. The molecule has 8 N–H and O–H groups in total. The first-order valence-electron chi connectivity index (χ1n) is 10.1. The van der Waals surface area contributed by atoms with Crippen LogP contribution in [0.3, 0.4) is 0 Å². The summed E-state index contributed by atoms with van der Waals surface area (Å²) in [4.78, 5) is 24.0. The van der Waals surface area contributed by atoms with Gasteiger partial charge in [-0.1, -0.05) is 12.2 Å². The van der Waals surface area contributed by atoms with E-state index in [9.17, 15) is 0 Å². The highest BCUT2D eigenvalue weighted by Gasteiger charge is 2.45. The Kier molecular flexibility index (Phi) is 6.33. The third-order valence-electron chi connectivity index (χ3n) is 5.28. The van der Waals surface area contributed by atoms with Crippen LogP contribution in [-0.4, -0.2) is 68.9 Å². The van der Waals surface area contributed by atoms with Gasteiger partial charge in [0.15, 0.2) is 12.6 Å². The molecule has 0 bridgehead atoms. The van der Waals surface area contributed by atoms with Crippen molar-refractivity contribution in [2.75, 3.05) is 49.4 Å². The van der Waals surface area contributed by atoms with Gasteiger partial charge in [-0.25, -0.2) is 0 Å². The van der Waals surface area contributed by atoms with Gasteiger partial charge in [0.25, 0.3) is 0 Å². The quantitative estimate of drug-likeness (QED) is 0.396. The maximum Gasteiger partial charge on any atom is 0.225 e. The SMILES string of the molecule is C=CC(c1nc(N)nc(N)n1)C1OCC2(CO1)COC(C(C=C)c1nc(N)nc(N)n1)OC2. The molecule has 2 aromatic heterocycles. The molecule has 2 fully saturated rings. The van der Waals surface area contributed by atoms with E-state index in [0.717, 1.165) is 0 Å². The predicted molar refractivity (Wildman–Crippen MR) is 117 cm³/mol. The molecule has 14 nitrogen and oxygen atoms in total. The summed E-state index contributed by atoms with van der Waals surface area (Å²) in [7, 11) is 0. The van der Waals surface area contributed by atoms with Gasteiger partial charge >= 0.3 is 0 Å². The molecule has 2 aromatic rings. The van der Waals surface area contributed by atoms with E-state index in [1.807, 2.05) is 0 Å². The summed E-state index contributed by atoms with van der Waals surface area (Å²) >= 11 is 0. The van der Waals surface area contributed by atoms with Gasteiger partial charge in [0.05, 0.1) is 43.7 Å². The van der Waals surface area contributed by atoms with E-state index in [1.165, 1.54) is 0 Å². The standard InChI is InChI=1S/C19H26N10O4/c1-3-9(11-24-15(20)28-16(21)25-11)13-30-5-19(6-31-13)7-32-14(33-8-19)10(4-2)12-26-17(22)29-18(23)27-12/h3-4,9-10,13-14H,1-2,5-8H2,(H4,20,21,24,25,28)(H4,22,23,26,27,29). The molecule has 0 radical (unpaired) electrons. The van der Waals surface area contributed by atoms with E-state index >= 15 is 0 Å². The number of anilines is 4. The van der Waals surface area contributed by atoms with Crippen LogP contribution in [-0.2, 0) is 18.9 Å². The number of rotatable bonds is 6. The number of hydrogen-bond donors (Lipinski definition) is 4. The molecule has 4 heterocycles. The first-order chi connectivity index (χ1) is 15.8. The fraction of sp³-hybridized carbons (Fsp3) is 0.474. The summed E-state index contributed by atoms with van der Waals surface area (Å²) in [6.45, 7) is 8.90. The highest BCUT2D eigenvalue weighted by atomic mass is 16.7. The highest BCUT2D eigenvalue weighted by Crippen LogP contribution is 2.36. The third kappa shape index (κ3) is 4.83. The number of nitrogens with two attached hydrogens (primary N) is 4. The van der Waals surface area contributed by atoms with Crippen molar-refractivity contribution < 1.29 is 18.9 Å². The number of ether oxygens (including phenoxy) is 4. The minimum absolute atomic E-state index is 0.00946.